The lowest BCUT2D eigenvalue weighted by molar-refractivity contribution is 0.0219. The smallest absolute Gasteiger partial charge is 0.0904 e. The average molecular weight is 258 g/mol. The van der Waals surface area contributed by atoms with E-state index in [9.17, 15) is 0 Å². The van der Waals surface area contributed by atoms with Crippen molar-refractivity contribution in [1.82, 2.24) is 15.1 Å². The summed E-state index contributed by atoms with van der Waals surface area (Å²) in [7, 11) is 0. The highest BCUT2D eigenvalue weighted by atomic mass is 35.5. The van der Waals surface area contributed by atoms with Gasteiger partial charge in [0.05, 0.1) is 29.1 Å². The predicted octanol–water partition coefficient (Wildman–Crippen LogP) is 2.13. The second-order valence-corrected chi connectivity index (χ2v) is 4.82. The third-order valence-electron chi connectivity index (χ3n) is 3.16. The van der Waals surface area contributed by atoms with E-state index < -0.39 is 0 Å². The van der Waals surface area contributed by atoms with Crippen LogP contribution in [0, 0.1) is 6.92 Å². The van der Waals surface area contributed by atoms with Crippen LogP contribution in [0.3, 0.4) is 0 Å². The molecule has 2 heterocycles. The Morgan fingerprint density at radius 1 is 1.59 bits per heavy atom. The van der Waals surface area contributed by atoms with Crippen molar-refractivity contribution in [3.05, 3.63) is 16.4 Å². The van der Waals surface area contributed by atoms with Crippen LogP contribution in [0.15, 0.2) is 0 Å². The molecular formula is C12H20ClN3O. The Labute approximate surface area is 107 Å². The fourth-order valence-electron chi connectivity index (χ4n) is 2.17. The minimum atomic E-state index is 0.306. The predicted molar refractivity (Wildman–Crippen MR) is 68.3 cm³/mol. The van der Waals surface area contributed by atoms with Crippen molar-refractivity contribution in [3.8, 4) is 0 Å². The number of piperidine rings is 1. The number of ether oxygens (including phenoxy) is 1. The first kappa shape index (κ1) is 12.9. The largest absolute Gasteiger partial charge is 0.371 e. The first-order valence-corrected chi connectivity index (χ1v) is 6.64. The van der Waals surface area contributed by atoms with Gasteiger partial charge in [-0.2, -0.15) is 5.10 Å². The van der Waals surface area contributed by atoms with Gasteiger partial charge in [-0.1, -0.05) is 11.6 Å². The maximum Gasteiger partial charge on any atom is 0.0904 e. The molecule has 0 aromatic carbocycles. The summed E-state index contributed by atoms with van der Waals surface area (Å²) in [6.07, 6.45) is 2.62. The molecule has 0 spiro atoms. The molecule has 1 aromatic rings. The highest BCUT2D eigenvalue weighted by Gasteiger charge is 2.17. The summed E-state index contributed by atoms with van der Waals surface area (Å²) in [5.74, 6) is 0. The highest BCUT2D eigenvalue weighted by Crippen LogP contribution is 2.22. The second kappa shape index (κ2) is 5.85. The molecular weight excluding hydrogens is 238 g/mol. The minimum absolute atomic E-state index is 0.306. The van der Waals surface area contributed by atoms with E-state index in [0.717, 1.165) is 42.5 Å². The van der Waals surface area contributed by atoms with Crippen LogP contribution in [-0.4, -0.2) is 29.0 Å². The Kier molecular flexibility index (Phi) is 4.42. The molecule has 5 heteroatoms. The molecule has 0 saturated carbocycles. The van der Waals surface area contributed by atoms with Gasteiger partial charge in [0.1, 0.15) is 0 Å². The minimum Gasteiger partial charge on any atom is -0.371 e. The van der Waals surface area contributed by atoms with Gasteiger partial charge >= 0.3 is 0 Å². The van der Waals surface area contributed by atoms with E-state index in [1.807, 2.05) is 11.6 Å². The third kappa shape index (κ3) is 3.00. The quantitative estimate of drug-likeness (QED) is 0.898. The molecule has 1 aliphatic rings. The van der Waals surface area contributed by atoms with E-state index in [1.165, 1.54) is 6.42 Å². The first-order chi connectivity index (χ1) is 8.22. The van der Waals surface area contributed by atoms with E-state index in [2.05, 4.69) is 17.3 Å². The van der Waals surface area contributed by atoms with Crippen molar-refractivity contribution in [3.63, 3.8) is 0 Å². The lowest BCUT2D eigenvalue weighted by Gasteiger charge is -2.23. The van der Waals surface area contributed by atoms with Gasteiger partial charge in [-0.05, 0) is 33.2 Å². The zero-order valence-corrected chi connectivity index (χ0v) is 11.3. The molecule has 1 fully saturated rings. The number of nitrogens with zero attached hydrogens (tertiary/aromatic N) is 2. The van der Waals surface area contributed by atoms with Crippen molar-refractivity contribution >= 4 is 11.6 Å². The summed E-state index contributed by atoms with van der Waals surface area (Å²) in [5, 5.41) is 8.47. The van der Waals surface area contributed by atoms with Crippen LogP contribution in [0.2, 0.25) is 5.02 Å². The number of halogens is 1. The summed E-state index contributed by atoms with van der Waals surface area (Å²) in [5.41, 5.74) is 1.88. The van der Waals surface area contributed by atoms with Crippen molar-refractivity contribution in [1.29, 1.82) is 0 Å². The topological polar surface area (TPSA) is 39.1 Å². The first-order valence-electron chi connectivity index (χ1n) is 6.26. The molecule has 4 nitrogen and oxygen atoms in total. The number of hydrogen-bond acceptors (Lipinski definition) is 3. The van der Waals surface area contributed by atoms with Gasteiger partial charge in [0.2, 0.25) is 0 Å². The van der Waals surface area contributed by atoms with Gasteiger partial charge in [0.15, 0.2) is 0 Å². The van der Waals surface area contributed by atoms with Crippen LogP contribution in [0.25, 0.3) is 0 Å². The molecule has 1 N–H and O–H groups in total. The van der Waals surface area contributed by atoms with E-state index >= 15 is 0 Å². The van der Waals surface area contributed by atoms with Crippen LogP contribution in [0.5, 0.6) is 0 Å². The lowest BCUT2D eigenvalue weighted by atomic mass is 10.1. The molecule has 0 radical (unpaired) electrons. The van der Waals surface area contributed by atoms with Crippen LogP contribution in [0.1, 0.15) is 31.2 Å². The van der Waals surface area contributed by atoms with Crippen LogP contribution in [-0.2, 0) is 17.9 Å². The molecule has 1 aromatic heterocycles. The van der Waals surface area contributed by atoms with E-state index in [0.29, 0.717) is 12.7 Å². The van der Waals surface area contributed by atoms with Crippen LogP contribution < -0.4 is 5.32 Å². The van der Waals surface area contributed by atoms with Crippen LogP contribution >= 0.6 is 11.6 Å². The lowest BCUT2D eigenvalue weighted by Crippen LogP contribution is -2.35. The van der Waals surface area contributed by atoms with Gasteiger partial charge in [0, 0.05) is 13.1 Å². The van der Waals surface area contributed by atoms with Gasteiger partial charge < -0.3 is 10.1 Å². The molecule has 0 bridgehead atoms. The molecule has 1 saturated heterocycles. The maximum atomic E-state index is 6.23. The van der Waals surface area contributed by atoms with Gasteiger partial charge in [-0.15, -0.1) is 0 Å². The van der Waals surface area contributed by atoms with Crippen molar-refractivity contribution in [2.45, 2.75) is 45.9 Å². The van der Waals surface area contributed by atoms with Gasteiger partial charge in [-0.25, -0.2) is 0 Å². The Morgan fingerprint density at radius 2 is 2.41 bits per heavy atom. The summed E-state index contributed by atoms with van der Waals surface area (Å²) in [6, 6.07) is 0. The molecule has 0 amide bonds. The molecule has 17 heavy (non-hydrogen) atoms. The fourth-order valence-corrected chi connectivity index (χ4v) is 2.36. The number of rotatable bonds is 4. The molecule has 1 atom stereocenters. The van der Waals surface area contributed by atoms with E-state index in [-0.39, 0.29) is 0 Å². The zero-order valence-electron chi connectivity index (χ0n) is 10.5. The average Bonchev–Trinajstić information content (AvgIpc) is 2.64. The van der Waals surface area contributed by atoms with E-state index in [4.69, 9.17) is 16.3 Å². The molecule has 96 valence electrons. The van der Waals surface area contributed by atoms with Crippen molar-refractivity contribution in [2.24, 2.45) is 0 Å². The Morgan fingerprint density at radius 3 is 3.06 bits per heavy atom. The maximum absolute atomic E-state index is 6.23. The molecule has 1 aliphatic heterocycles. The van der Waals surface area contributed by atoms with Gasteiger partial charge in [-0.3, -0.25) is 4.68 Å². The van der Waals surface area contributed by atoms with Gasteiger partial charge in [0.25, 0.3) is 0 Å². The standard InChI is InChI=1S/C12H20ClN3O/c1-3-16-11(12(13)9(2)15-16)8-17-10-5-4-6-14-7-10/h10,14H,3-8H2,1-2H3. The van der Waals surface area contributed by atoms with Crippen LogP contribution in [0.4, 0.5) is 0 Å². The molecule has 2 rings (SSSR count). The summed E-state index contributed by atoms with van der Waals surface area (Å²) >= 11 is 6.23. The summed E-state index contributed by atoms with van der Waals surface area (Å²) in [6.45, 7) is 7.42. The highest BCUT2D eigenvalue weighted by molar-refractivity contribution is 6.31. The Balaban J connectivity index is 1.97. The summed E-state index contributed by atoms with van der Waals surface area (Å²) in [4.78, 5) is 0. The SMILES string of the molecule is CCn1nc(C)c(Cl)c1COC1CCCNC1. The Hall–Kier alpha value is -0.580. The monoisotopic (exact) mass is 257 g/mol. The number of aromatic nitrogens is 2. The second-order valence-electron chi connectivity index (χ2n) is 4.44. The zero-order chi connectivity index (χ0) is 12.3. The van der Waals surface area contributed by atoms with E-state index in [1.54, 1.807) is 0 Å². The third-order valence-corrected chi connectivity index (χ3v) is 3.65. The molecule has 0 aliphatic carbocycles. The Bertz CT molecular complexity index is 372. The fraction of sp³-hybridized carbons (Fsp3) is 0.750. The summed E-state index contributed by atoms with van der Waals surface area (Å²) < 4.78 is 7.82. The number of hydrogen-bond donors (Lipinski definition) is 1. The number of aryl methyl sites for hydroxylation is 2. The van der Waals surface area contributed by atoms with Crippen molar-refractivity contribution < 1.29 is 4.74 Å². The number of nitrogens with one attached hydrogen (secondary N) is 1. The van der Waals surface area contributed by atoms with Crippen molar-refractivity contribution in [2.75, 3.05) is 13.1 Å². The molecule has 1 unspecified atom stereocenters. The normalized spacial score (nSPS) is 20.8.